The molecule has 0 unspecified atom stereocenters. The maximum absolute atomic E-state index is 10.3. The van der Waals surface area contributed by atoms with Crippen molar-refractivity contribution in [1.82, 2.24) is 9.59 Å². The van der Waals surface area contributed by atoms with Crippen LogP contribution >= 0.6 is 11.5 Å². The van der Waals surface area contributed by atoms with Gasteiger partial charge in [0.2, 0.25) is 0 Å². The van der Waals surface area contributed by atoms with E-state index in [0.29, 0.717) is 0 Å². The first-order valence-electron chi connectivity index (χ1n) is 3.44. The second-order valence-electron chi connectivity index (χ2n) is 2.06. The van der Waals surface area contributed by atoms with Crippen LogP contribution in [0.3, 0.4) is 0 Å². The molecular weight excluding hydrogens is 188 g/mol. The van der Waals surface area contributed by atoms with Crippen LogP contribution in [-0.2, 0) is 9.59 Å². The summed E-state index contributed by atoms with van der Waals surface area (Å²) in [5.74, 6) is -0.241. The van der Waals surface area contributed by atoms with E-state index >= 15 is 0 Å². The number of rotatable bonds is 0. The average molecular weight is 194 g/mol. The summed E-state index contributed by atoms with van der Waals surface area (Å²) in [7, 11) is 0. The van der Waals surface area contributed by atoms with Crippen molar-refractivity contribution in [2.45, 2.75) is 0 Å². The second-order valence-corrected chi connectivity index (χ2v) is 2.71. The van der Waals surface area contributed by atoms with Crippen molar-refractivity contribution in [3.8, 4) is 0 Å². The van der Waals surface area contributed by atoms with Crippen LogP contribution in [0.1, 0.15) is 0 Å². The van der Waals surface area contributed by atoms with Crippen molar-refractivity contribution in [2.75, 3.05) is 0 Å². The highest BCUT2D eigenvalue weighted by Gasteiger charge is 1.97. The van der Waals surface area contributed by atoms with Crippen molar-refractivity contribution in [1.29, 1.82) is 0 Å². The molecule has 66 valence electrons. The Bertz CT molecular complexity index is 286. The maximum Gasteiger partial charge on any atom is 0.178 e. The van der Waals surface area contributed by atoms with Crippen molar-refractivity contribution in [3.05, 3.63) is 35.9 Å². The van der Waals surface area contributed by atoms with Gasteiger partial charge in [-0.15, -0.1) is 5.10 Å². The van der Waals surface area contributed by atoms with E-state index in [1.807, 2.05) is 5.38 Å². The maximum atomic E-state index is 10.3. The van der Waals surface area contributed by atoms with Gasteiger partial charge in [0.25, 0.3) is 0 Å². The molecule has 1 aliphatic rings. The number of nitrogens with zero attached hydrogens (tertiary/aromatic N) is 2. The molecule has 5 heteroatoms. The third-order valence-electron chi connectivity index (χ3n) is 1.11. The zero-order chi connectivity index (χ0) is 9.52. The molecule has 2 rings (SSSR count). The zero-order valence-corrected chi connectivity index (χ0v) is 7.40. The molecule has 4 nitrogen and oxygen atoms in total. The van der Waals surface area contributed by atoms with E-state index in [9.17, 15) is 9.59 Å². The lowest BCUT2D eigenvalue weighted by Gasteiger charge is -1.87. The molecule has 1 heterocycles. The number of carbonyl (C=O) groups excluding carboxylic acids is 2. The highest BCUT2D eigenvalue weighted by molar-refractivity contribution is 7.03. The van der Waals surface area contributed by atoms with E-state index in [0.717, 1.165) is 0 Å². The second kappa shape index (κ2) is 5.10. The van der Waals surface area contributed by atoms with Crippen LogP contribution in [-0.4, -0.2) is 21.2 Å². The molecule has 1 aromatic heterocycles. The lowest BCUT2D eigenvalue weighted by molar-refractivity contribution is -0.113. The van der Waals surface area contributed by atoms with Crippen molar-refractivity contribution in [2.24, 2.45) is 0 Å². The Morgan fingerprint density at radius 2 is 1.54 bits per heavy atom. The Morgan fingerprint density at radius 1 is 1.00 bits per heavy atom. The van der Waals surface area contributed by atoms with Gasteiger partial charge in [0.1, 0.15) is 0 Å². The fourth-order valence-electron chi connectivity index (χ4n) is 0.576. The molecule has 1 aliphatic carbocycles. The largest absolute Gasteiger partial charge is 0.290 e. The summed E-state index contributed by atoms with van der Waals surface area (Å²) in [5, 5.41) is 5.31. The minimum atomic E-state index is -0.121. The summed E-state index contributed by atoms with van der Waals surface area (Å²) in [6.07, 6.45) is 6.67. The summed E-state index contributed by atoms with van der Waals surface area (Å²) in [5.41, 5.74) is 0. The number of hydrogen-bond donors (Lipinski definition) is 0. The smallest absolute Gasteiger partial charge is 0.178 e. The lowest BCUT2D eigenvalue weighted by Crippen LogP contribution is -1.97. The van der Waals surface area contributed by atoms with E-state index in [2.05, 4.69) is 9.59 Å². The summed E-state index contributed by atoms with van der Waals surface area (Å²) in [4.78, 5) is 20.6. The lowest BCUT2D eigenvalue weighted by atomic mass is 10.2. The minimum absolute atomic E-state index is 0.121. The molecule has 0 aromatic carbocycles. The van der Waals surface area contributed by atoms with Gasteiger partial charge in [-0.3, -0.25) is 9.59 Å². The molecule has 0 saturated carbocycles. The van der Waals surface area contributed by atoms with Crippen LogP contribution in [0.15, 0.2) is 35.9 Å². The van der Waals surface area contributed by atoms with Crippen LogP contribution < -0.4 is 0 Å². The Kier molecular flexibility index (Phi) is 3.72. The molecule has 0 amide bonds. The predicted molar refractivity (Wildman–Crippen MR) is 48.2 cm³/mol. The van der Waals surface area contributed by atoms with Crippen molar-refractivity contribution in [3.63, 3.8) is 0 Å². The third kappa shape index (κ3) is 4.07. The van der Waals surface area contributed by atoms with Crippen LogP contribution in [0.2, 0.25) is 0 Å². The molecule has 0 N–H and O–H groups in total. The quantitative estimate of drug-likeness (QED) is 0.573. The van der Waals surface area contributed by atoms with Crippen LogP contribution in [0.5, 0.6) is 0 Å². The molecule has 1 aromatic rings. The highest BCUT2D eigenvalue weighted by atomic mass is 32.1. The number of aromatic nitrogens is 2. The fourth-order valence-corrected chi connectivity index (χ4v) is 0.848. The molecule has 0 bridgehead atoms. The molecule has 0 aliphatic heterocycles. The first-order valence-corrected chi connectivity index (χ1v) is 4.28. The Hall–Kier alpha value is -1.62. The molecule has 0 saturated heterocycles. The van der Waals surface area contributed by atoms with E-state index in [1.54, 1.807) is 6.20 Å². The monoisotopic (exact) mass is 194 g/mol. The average Bonchev–Trinajstić information content (AvgIpc) is 2.68. The van der Waals surface area contributed by atoms with Crippen molar-refractivity contribution >= 4 is 23.1 Å². The van der Waals surface area contributed by atoms with Gasteiger partial charge in [0.15, 0.2) is 11.6 Å². The Balaban J connectivity index is 0.000000145. The zero-order valence-electron chi connectivity index (χ0n) is 6.58. The van der Waals surface area contributed by atoms with E-state index in [-0.39, 0.29) is 11.6 Å². The molecule has 13 heavy (non-hydrogen) atoms. The van der Waals surface area contributed by atoms with Crippen LogP contribution in [0.25, 0.3) is 0 Å². The van der Waals surface area contributed by atoms with Gasteiger partial charge >= 0.3 is 0 Å². The summed E-state index contributed by atoms with van der Waals surface area (Å²) >= 11 is 1.35. The van der Waals surface area contributed by atoms with Gasteiger partial charge in [0, 0.05) is 5.38 Å². The molecule has 0 fully saturated rings. The number of ketones is 2. The van der Waals surface area contributed by atoms with Crippen molar-refractivity contribution < 1.29 is 9.59 Å². The van der Waals surface area contributed by atoms with Gasteiger partial charge in [0.05, 0.1) is 6.20 Å². The van der Waals surface area contributed by atoms with Gasteiger partial charge in [-0.25, -0.2) is 0 Å². The minimum Gasteiger partial charge on any atom is -0.290 e. The third-order valence-corrected chi connectivity index (χ3v) is 1.54. The Labute approximate surface area is 78.8 Å². The standard InChI is InChI=1S/C6H4O2.C2H2N2S/c7-5-1-2-6(8)4-3-5;1-2-5-4-3-1/h1-4H;1-2H. The Morgan fingerprint density at radius 3 is 1.77 bits per heavy atom. The highest BCUT2D eigenvalue weighted by Crippen LogP contribution is 1.90. The first-order chi connectivity index (χ1) is 6.29. The summed E-state index contributed by atoms with van der Waals surface area (Å²) in [6, 6.07) is 0. The SMILES string of the molecule is O=C1C=CC(=O)C=C1.c1csnn1. The molecule has 0 atom stereocenters. The van der Waals surface area contributed by atoms with Gasteiger partial charge in [-0.1, -0.05) is 4.49 Å². The normalized spacial score (nSPS) is 13.8. The predicted octanol–water partition coefficient (Wildman–Crippen LogP) is 0.789. The van der Waals surface area contributed by atoms with E-state index < -0.39 is 0 Å². The number of hydrogen-bond acceptors (Lipinski definition) is 5. The van der Waals surface area contributed by atoms with Gasteiger partial charge in [-0.05, 0) is 35.8 Å². The molecule has 0 radical (unpaired) electrons. The van der Waals surface area contributed by atoms with E-state index in [1.165, 1.54) is 35.8 Å². The number of allylic oxidation sites excluding steroid dienone is 4. The first kappa shape index (κ1) is 9.47. The van der Waals surface area contributed by atoms with Crippen LogP contribution in [0.4, 0.5) is 0 Å². The van der Waals surface area contributed by atoms with Gasteiger partial charge in [-0.2, -0.15) is 0 Å². The van der Waals surface area contributed by atoms with Gasteiger partial charge < -0.3 is 0 Å². The van der Waals surface area contributed by atoms with E-state index in [4.69, 9.17) is 0 Å². The molecular formula is C8H6N2O2S. The summed E-state index contributed by atoms with van der Waals surface area (Å²) < 4.78 is 3.51. The number of carbonyl (C=O) groups is 2. The summed E-state index contributed by atoms with van der Waals surface area (Å²) in [6.45, 7) is 0. The fraction of sp³-hybridized carbons (Fsp3) is 0. The topological polar surface area (TPSA) is 59.9 Å². The van der Waals surface area contributed by atoms with Crippen LogP contribution in [0, 0.1) is 0 Å². The molecule has 0 spiro atoms.